The normalized spacial score (nSPS) is 19.1. The molecule has 0 bridgehead atoms. The number of rotatable bonds is 4. The molecule has 1 aliphatic rings. The molecular weight excluding hydrogens is 266 g/mol. The van der Waals surface area contributed by atoms with Crippen molar-refractivity contribution >= 4 is 6.09 Å². The molecule has 2 N–H and O–H groups in total. The molecule has 1 saturated heterocycles. The van der Waals surface area contributed by atoms with E-state index in [-0.39, 0.29) is 18.2 Å². The van der Waals surface area contributed by atoms with Crippen LogP contribution >= 0.6 is 0 Å². The summed E-state index contributed by atoms with van der Waals surface area (Å²) in [7, 11) is 0. The zero-order valence-corrected chi connectivity index (χ0v) is 12.9. The minimum absolute atomic E-state index is 0.0431. The van der Waals surface area contributed by atoms with Crippen LogP contribution in [0.25, 0.3) is 0 Å². The standard InChI is InChI=1S/C16H25N3O2/c1-3-21-16(20)19-11-9-18(10-12-19)15(13(2)17)14-7-5-4-6-8-14/h4-8,13,15H,3,9-12,17H2,1-2H3. The van der Waals surface area contributed by atoms with E-state index in [9.17, 15) is 4.79 Å². The van der Waals surface area contributed by atoms with Crippen molar-refractivity contribution in [2.75, 3.05) is 32.8 Å². The average molecular weight is 291 g/mol. The largest absolute Gasteiger partial charge is 0.450 e. The quantitative estimate of drug-likeness (QED) is 0.920. The Labute approximate surface area is 126 Å². The fraction of sp³-hybridized carbons (Fsp3) is 0.562. The van der Waals surface area contributed by atoms with Crippen LogP contribution in [0, 0.1) is 0 Å². The number of carbonyl (C=O) groups excluding carboxylic acids is 1. The SMILES string of the molecule is CCOC(=O)N1CCN(C(c2ccccc2)C(C)N)CC1. The van der Waals surface area contributed by atoms with Crippen molar-refractivity contribution < 1.29 is 9.53 Å². The minimum Gasteiger partial charge on any atom is -0.450 e. The first-order valence-corrected chi connectivity index (χ1v) is 7.59. The smallest absolute Gasteiger partial charge is 0.409 e. The van der Waals surface area contributed by atoms with Gasteiger partial charge in [0.25, 0.3) is 0 Å². The first-order chi connectivity index (χ1) is 10.1. The lowest BCUT2D eigenvalue weighted by atomic mass is 9.98. The van der Waals surface area contributed by atoms with Crippen molar-refractivity contribution in [3.05, 3.63) is 35.9 Å². The molecule has 1 aromatic carbocycles. The summed E-state index contributed by atoms with van der Waals surface area (Å²) in [5, 5.41) is 0. The Balaban J connectivity index is 2.00. The number of piperazine rings is 1. The monoisotopic (exact) mass is 291 g/mol. The van der Waals surface area contributed by atoms with E-state index in [1.54, 1.807) is 4.90 Å². The summed E-state index contributed by atoms with van der Waals surface area (Å²) in [6, 6.07) is 10.6. The molecule has 5 nitrogen and oxygen atoms in total. The summed E-state index contributed by atoms with van der Waals surface area (Å²) in [5.74, 6) is 0. The van der Waals surface area contributed by atoms with Gasteiger partial charge < -0.3 is 15.4 Å². The molecule has 1 heterocycles. The van der Waals surface area contributed by atoms with E-state index >= 15 is 0 Å². The summed E-state index contributed by atoms with van der Waals surface area (Å²) < 4.78 is 5.05. The van der Waals surface area contributed by atoms with Crippen molar-refractivity contribution in [3.63, 3.8) is 0 Å². The van der Waals surface area contributed by atoms with Crippen LogP contribution in [0.3, 0.4) is 0 Å². The predicted molar refractivity (Wildman–Crippen MR) is 83.0 cm³/mol. The topological polar surface area (TPSA) is 58.8 Å². The number of ether oxygens (including phenoxy) is 1. The van der Waals surface area contributed by atoms with Gasteiger partial charge in [-0.2, -0.15) is 0 Å². The zero-order valence-electron chi connectivity index (χ0n) is 12.9. The van der Waals surface area contributed by atoms with Gasteiger partial charge in [0.1, 0.15) is 0 Å². The Bertz CT molecular complexity index is 442. The lowest BCUT2D eigenvalue weighted by molar-refractivity contribution is 0.0618. The van der Waals surface area contributed by atoms with Gasteiger partial charge in [-0.15, -0.1) is 0 Å². The Hall–Kier alpha value is -1.59. The van der Waals surface area contributed by atoms with Gasteiger partial charge in [0.2, 0.25) is 0 Å². The van der Waals surface area contributed by atoms with E-state index in [2.05, 4.69) is 17.0 Å². The maximum atomic E-state index is 11.7. The average Bonchev–Trinajstić information content (AvgIpc) is 2.49. The molecule has 0 radical (unpaired) electrons. The molecular formula is C16H25N3O2. The van der Waals surface area contributed by atoms with Crippen LogP contribution in [0.5, 0.6) is 0 Å². The van der Waals surface area contributed by atoms with Gasteiger partial charge in [0.15, 0.2) is 0 Å². The molecule has 2 atom stereocenters. The van der Waals surface area contributed by atoms with Crippen LogP contribution in [0.4, 0.5) is 4.79 Å². The Morgan fingerprint density at radius 2 is 1.86 bits per heavy atom. The molecule has 1 amide bonds. The summed E-state index contributed by atoms with van der Waals surface area (Å²) >= 11 is 0. The van der Waals surface area contributed by atoms with E-state index in [0.29, 0.717) is 19.7 Å². The molecule has 0 aromatic heterocycles. The number of hydrogen-bond acceptors (Lipinski definition) is 4. The third-order valence-corrected chi connectivity index (χ3v) is 3.87. The van der Waals surface area contributed by atoms with E-state index in [1.807, 2.05) is 32.0 Å². The number of benzene rings is 1. The maximum absolute atomic E-state index is 11.7. The molecule has 1 fully saturated rings. The van der Waals surface area contributed by atoms with Crippen molar-refractivity contribution in [2.45, 2.75) is 25.9 Å². The Kier molecular flexibility index (Phi) is 5.59. The van der Waals surface area contributed by atoms with Gasteiger partial charge in [-0.3, -0.25) is 4.90 Å². The fourth-order valence-electron chi connectivity index (χ4n) is 2.89. The van der Waals surface area contributed by atoms with E-state index in [1.165, 1.54) is 5.56 Å². The van der Waals surface area contributed by atoms with Crippen molar-refractivity contribution in [2.24, 2.45) is 5.73 Å². The van der Waals surface area contributed by atoms with Crippen molar-refractivity contribution in [3.8, 4) is 0 Å². The number of nitrogens with zero attached hydrogens (tertiary/aromatic N) is 2. The van der Waals surface area contributed by atoms with Crippen molar-refractivity contribution in [1.29, 1.82) is 0 Å². The van der Waals surface area contributed by atoms with Gasteiger partial charge in [-0.1, -0.05) is 30.3 Å². The lowest BCUT2D eigenvalue weighted by Crippen LogP contribution is -2.52. The zero-order chi connectivity index (χ0) is 15.2. The molecule has 2 unspecified atom stereocenters. The summed E-state index contributed by atoms with van der Waals surface area (Å²) in [6.07, 6.45) is -0.214. The fourth-order valence-corrected chi connectivity index (χ4v) is 2.89. The number of hydrogen-bond donors (Lipinski definition) is 1. The molecule has 2 rings (SSSR count). The Morgan fingerprint density at radius 1 is 1.24 bits per heavy atom. The summed E-state index contributed by atoms with van der Waals surface area (Å²) in [6.45, 7) is 7.31. The van der Waals surface area contributed by atoms with Crippen LogP contribution in [-0.4, -0.2) is 54.7 Å². The maximum Gasteiger partial charge on any atom is 0.409 e. The highest BCUT2D eigenvalue weighted by atomic mass is 16.6. The van der Waals surface area contributed by atoms with Gasteiger partial charge in [0, 0.05) is 38.3 Å². The first kappa shape index (κ1) is 15.8. The molecule has 0 saturated carbocycles. The lowest BCUT2D eigenvalue weighted by Gasteiger charge is -2.40. The van der Waals surface area contributed by atoms with E-state index in [0.717, 1.165) is 13.1 Å². The van der Waals surface area contributed by atoms with Crippen molar-refractivity contribution in [1.82, 2.24) is 9.80 Å². The second-order valence-electron chi connectivity index (χ2n) is 5.44. The molecule has 5 heteroatoms. The van der Waals surface area contributed by atoms with Crippen LogP contribution in [0.15, 0.2) is 30.3 Å². The van der Waals surface area contributed by atoms with Gasteiger partial charge in [0.05, 0.1) is 6.61 Å². The Morgan fingerprint density at radius 3 is 2.38 bits per heavy atom. The second kappa shape index (κ2) is 7.43. The first-order valence-electron chi connectivity index (χ1n) is 7.59. The molecule has 0 spiro atoms. The third kappa shape index (κ3) is 3.95. The molecule has 21 heavy (non-hydrogen) atoms. The third-order valence-electron chi connectivity index (χ3n) is 3.87. The number of amides is 1. The highest BCUT2D eigenvalue weighted by Gasteiger charge is 2.29. The molecule has 116 valence electrons. The van der Waals surface area contributed by atoms with E-state index in [4.69, 9.17) is 10.5 Å². The predicted octanol–water partition coefficient (Wildman–Crippen LogP) is 1.85. The molecule has 1 aliphatic heterocycles. The molecule has 1 aromatic rings. The molecule has 0 aliphatic carbocycles. The van der Waals surface area contributed by atoms with Crippen LogP contribution in [-0.2, 0) is 4.74 Å². The van der Waals surface area contributed by atoms with Gasteiger partial charge in [-0.05, 0) is 19.4 Å². The summed E-state index contributed by atoms with van der Waals surface area (Å²) in [4.78, 5) is 15.9. The minimum atomic E-state index is -0.214. The second-order valence-corrected chi connectivity index (χ2v) is 5.44. The highest BCUT2D eigenvalue weighted by Crippen LogP contribution is 2.24. The number of carbonyl (C=O) groups is 1. The van der Waals surface area contributed by atoms with Gasteiger partial charge in [-0.25, -0.2) is 4.79 Å². The van der Waals surface area contributed by atoms with Gasteiger partial charge >= 0.3 is 6.09 Å². The van der Waals surface area contributed by atoms with Crippen LogP contribution in [0.1, 0.15) is 25.5 Å². The van der Waals surface area contributed by atoms with E-state index < -0.39 is 0 Å². The summed E-state index contributed by atoms with van der Waals surface area (Å²) in [5.41, 5.74) is 7.43. The van der Waals surface area contributed by atoms with Crippen LogP contribution in [0.2, 0.25) is 0 Å². The highest BCUT2D eigenvalue weighted by molar-refractivity contribution is 5.67. The van der Waals surface area contributed by atoms with Crippen LogP contribution < -0.4 is 5.73 Å². The number of nitrogens with two attached hydrogens (primary N) is 1.